The molecule has 0 fully saturated rings. The Kier molecular flexibility index (Phi) is 3.27. The monoisotopic (exact) mass is 281 g/mol. The van der Waals surface area contributed by atoms with Crippen molar-refractivity contribution in [3.05, 3.63) is 47.8 Å². The molecule has 98 valence electrons. The Hall–Kier alpha value is -2.52. The Morgan fingerprint density at radius 3 is 3.05 bits per heavy atom. The molecule has 3 rings (SSSR count). The van der Waals surface area contributed by atoms with Crippen molar-refractivity contribution in [1.82, 2.24) is 15.0 Å². The Bertz CT molecular complexity index is 803. The van der Waals surface area contributed by atoms with Crippen LogP contribution in [0.25, 0.3) is 11.0 Å². The number of thioether (sulfide) groups is 1. The largest absolute Gasteiger partial charge is 0.399 e. The lowest BCUT2D eigenvalue weighted by Crippen LogP contribution is -1.86. The van der Waals surface area contributed by atoms with Gasteiger partial charge in [0.1, 0.15) is 11.8 Å². The van der Waals surface area contributed by atoms with E-state index in [9.17, 15) is 0 Å². The molecule has 0 radical (unpaired) electrons. The molecule has 0 saturated carbocycles. The Morgan fingerprint density at radius 1 is 1.30 bits per heavy atom. The maximum Gasteiger partial charge on any atom is 0.166 e. The zero-order valence-electron chi connectivity index (χ0n) is 10.5. The first-order chi connectivity index (χ1) is 9.74. The number of aromatic nitrogens is 3. The van der Waals surface area contributed by atoms with Crippen LogP contribution in [-0.4, -0.2) is 15.0 Å². The van der Waals surface area contributed by atoms with Crippen molar-refractivity contribution in [2.75, 3.05) is 5.73 Å². The van der Waals surface area contributed by atoms with Crippen LogP contribution in [0.15, 0.2) is 41.7 Å². The van der Waals surface area contributed by atoms with Crippen molar-refractivity contribution in [3.63, 3.8) is 0 Å². The van der Waals surface area contributed by atoms with E-state index in [1.54, 1.807) is 24.0 Å². The fourth-order valence-electron chi connectivity index (χ4n) is 1.85. The first-order valence-electron chi connectivity index (χ1n) is 5.98. The summed E-state index contributed by atoms with van der Waals surface area (Å²) in [6.45, 7) is 0. The number of hydrogen-bond acceptors (Lipinski definition) is 5. The summed E-state index contributed by atoms with van der Waals surface area (Å²) in [4.78, 5) is 11.7. The molecule has 0 aliphatic heterocycles. The summed E-state index contributed by atoms with van der Waals surface area (Å²) < 4.78 is 0. The molecule has 0 atom stereocenters. The van der Waals surface area contributed by atoms with Crippen molar-refractivity contribution in [1.29, 1.82) is 5.26 Å². The number of nitrogens with zero attached hydrogens (tertiary/aromatic N) is 3. The molecule has 20 heavy (non-hydrogen) atoms. The van der Waals surface area contributed by atoms with E-state index in [4.69, 9.17) is 11.0 Å². The molecule has 2 heterocycles. The average Bonchev–Trinajstić information content (AvgIpc) is 2.87. The van der Waals surface area contributed by atoms with Crippen LogP contribution < -0.4 is 5.73 Å². The number of anilines is 1. The molecule has 5 nitrogen and oxygen atoms in total. The maximum atomic E-state index is 8.82. The highest BCUT2D eigenvalue weighted by Crippen LogP contribution is 2.24. The number of imidazole rings is 1. The third-order valence-electron chi connectivity index (χ3n) is 2.80. The van der Waals surface area contributed by atoms with Crippen molar-refractivity contribution in [2.45, 2.75) is 10.9 Å². The lowest BCUT2D eigenvalue weighted by Gasteiger charge is -1.98. The lowest BCUT2D eigenvalue weighted by atomic mass is 10.2. The second-order valence-electron chi connectivity index (χ2n) is 4.27. The number of aromatic amines is 1. The Labute approximate surface area is 119 Å². The molecule has 0 amide bonds. The van der Waals surface area contributed by atoms with Crippen LogP contribution in [0.4, 0.5) is 5.69 Å². The second-order valence-corrected chi connectivity index (χ2v) is 5.23. The molecule has 0 saturated heterocycles. The van der Waals surface area contributed by atoms with Crippen LogP contribution in [0.2, 0.25) is 0 Å². The van der Waals surface area contributed by atoms with Gasteiger partial charge in [0.25, 0.3) is 0 Å². The molecule has 1 aromatic carbocycles. The summed E-state index contributed by atoms with van der Waals surface area (Å²) in [5, 5.41) is 9.65. The molecule has 0 spiro atoms. The third-order valence-corrected chi connectivity index (χ3v) is 3.74. The minimum Gasteiger partial charge on any atom is -0.399 e. The van der Waals surface area contributed by atoms with Crippen molar-refractivity contribution < 1.29 is 0 Å². The number of H-pyrrole nitrogens is 1. The van der Waals surface area contributed by atoms with E-state index in [2.05, 4.69) is 15.0 Å². The number of fused-ring (bicyclic) bond motifs is 1. The van der Waals surface area contributed by atoms with E-state index in [0.29, 0.717) is 11.4 Å². The number of rotatable bonds is 3. The van der Waals surface area contributed by atoms with Gasteiger partial charge >= 0.3 is 0 Å². The fourth-order valence-corrected chi connectivity index (χ4v) is 2.68. The van der Waals surface area contributed by atoms with E-state index >= 15 is 0 Å². The van der Waals surface area contributed by atoms with Crippen LogP contribution in [0.3, 0.4) is 0 Å². The van der Waals surface area contributed by atoms with Gasteiger partial charge in [0.05, 0.1) is 11.0 Å². The van der Waals surface area contributed by atoms with Gasteiger partial charge in [-0.05, 0) is 35.9 Å². The molecule has 3 aromatic rings. The summed E-state index contributed by atoms with van der Waals surface area (Å²) in [5.41, 5.74) is 9.75. The van der Waals surface area contributed by atoms with E-state index < -0.39 is 0 Å². The number of nitrogens with one attached hydrogen (secondary N) is 1. The van der Waals surface area contributed by atoms with E-state index in [-0.39, 0.29) is 0 Å². The fraction of sp³-hybridized carbons (Fsp3) is 0.0714. The van der Waals surface area contributed by atoms with Gasteiger partial charge in [0, 0.05) is 17.6 Å². The molecule has 0 unspecified atom stereocenters. The van der Waals surface area contributed by atoms with Gasteiger partial charge in [0.2, 0.25) is 0 Å². The quantitative estimate of drug-likeness (QED) is 0.569. The predicted molar refractivity (Wildman–Crippen MR) is 79.0 cm³/mol. The van der Waals surface area contributed by atoms with Gasteiger partial charge in [-0.2, -0.15) is 5.26 Å². The zero-order valence-corrected chi connectivity index (χ0v) is 11.3. The number of nitriles is 1. The summed E-state index contributed by atoms with van der Waals surface area (Å²) in [5.74, 6) is 0.729. The number of benzene rings is 1. The van der Waals surface area contributed by atoms with Gasteiger partial charge in [0.15, 0.2) is 5.16 Å². The molecule has 3 N–H and O–H groups in total. The summed E-state index contributed by atoms with van der Waals surface area (Å²) in [7, 11) is 0. The highest BCUT2D eigenvalue weighted by molar-refractivity contribution is 7.98. The molecular weight excluding hydrogens is 270 g/mol. The maximum absolute atomic E-state index is 8.82. The highest BCUT2D eigenvalue weighted by Gasteiger charge is 2.04. The molecule has 6 heteroatoms. The first kappa shape index (κ1) is 12.5. The van der Waals surface area contributed by atoms with Gasteiger partial charge in [-0.15, -0.1) is 0 Å². The van der Waals surface area contributed by atoms with Gasteiger partial charge in [-0.1, -0.05) is 11.8 Å². The minimum absolute atomic E-state index is 0.431. The minimum atomic E-state index is 0.431. The topological polar surface area (TPSA) is 91.4 Å². The summed E-state index contributed by atoms with van der Waals surface area (Å²) in [6, 6.07) is 11.3. The second kappa shape index (κ2) is 5.23. The van der Waals surface area contributed by atoms with Crippen molar-refractivity contribution in [2.24, 2.45) is 0 Å². The van der Waals surface area contributed by atoms with Crippen LogP contribution in [0, 0.1) is 11.3 Å². The van der Waals surface area contributed by atoms with E-state index in [1.807, 2.05) is 30.3 Å². The van der Waals surface area contributed by atoms with Crippen LogP contribution in [0.5, 0.6) is 0 Å². The van der Waals surface area contributed by atoms with E-state index in [0.717, 1.165) is 27.5 Å². The normalized spacial score (nSPS) is 10.6. The Balaban J connectivity index is 1.78. The standard InChI is InChI=1S/C14H11N5S/c15-7-11-5-9(3-4-17-11)8-20-14-18-12-2-1-10(16)6-13(12)19-14/h1-6H,8,16H2,(H,18,19). The highest BCUT2D eigenvalue weighted by atomic mass is 32.2. The summed E-state index contributed by atoms with van der Waals surface area (Å²) >= 11 is 1.58. The first-order valence-corrected chi connectivity index (χ1v) is 6.96. The predicted octanol–water partition coefficient (Wildman–Crippen LogP) is 2.70. The third kappa shape index (κ3) is 2.58. The van der Waals surface area contributed by atoms with Crippen LogP contribution in [-0.2, 0) is 5.75 Å². The molecule has 0 aliphatic rings. The zero-order chi connectivity index (χ0) is 13.9. The van der Waals surface area contributed by atoms with Gasteiger partial charge in [-0.3, -0.25) is 0 Å². The molecular formula is C14H11N5S. The molecule has 0 bridgehead atoms. The number of nitrogens with two attached hydrogens (primary N) is 1. The molecule has 2 aromatic heterocycles. The van der Waals surface area contributed by atoms with E-state index in [1.165, 1.54) is 0 Å². The van der Waals surface area contributed by atoms with Crippen molar-refractivity contribution >= 4 is 28.5 Å². The summed E-state index contributed by atoms with van der Waals surface area (Å²) in [6.07, 6.45) is 1.65. The molecule has 0 aliphatic carbocycles. The number of pyridine rings is 1. The van der Waals surface area contributed by atoms with Gasteiger partial charge < -0.3 is 10.7 Å². The van der Waals surface area contributed by atoms with Crippen molar-refractivity contribution in [3.8, 4) is 6.07 Å². The number of hydrogen-bond donors (Lipinski definition) is 2. The lowest BCUT2D eigenvalue weighted by molar-refractivity contribution is 1.08. The number of nitrogen functional groups attached to an aromatic ring is 1. The Morgan fingerprint density at radius 2 is 2.20 bits per heavy atom. The van der Waals surface area contributed by atoms with Crippen LogP contribution in [0.1, 0.15) is 11.3 Å². The average molecular weight is 281 g/mol. The van der Waals surface area contributed by atoms with Crippen LogP contribution >= 0.6 is 11.8 Å². The SMILES string of the molecule is N#Cc1cc(CSc2nc3ccc(N)cc3[nH]2)ccn1. The smallest absolute Gasteiger partial charge is 0.166 e. The van der Waals surface area contributed by atoms with Gasteiger partial charge in [-0.25, -0.2) is 9.97 Å².